The highest BCUT2D eigenvalue weighted by molar-refractivity contribution is 6.91. The van der Waals surface area contributed by atoms with E-state index in [0.29, 0.717) is 42.3 Å². The van der Waals surface area contributed by atoms with E-state index in [1.165, 1.54) is 5.19 Å². The van der Waals surface area contributed by atoms with Gasteiger partial charge in [0.25, 0.3) is 11.8 Å². The van der Waals surface area contributed by atoms with Gasteiger partial charge in [-0.3, -0.25) is 19.2 Å². The van der Waals surface area contributed by atoms with Gasteiger partial charge >= 0.3 is 0 Å². The molecule has 5 aromatic rings. The van der Waals surface area contributed by atoms with Gasteiger partial charge in [0.2, 0.25) is 0 Å². The number of methoxy groups -OCH3 is 1. The van der Waals surface area contributed by atoms with Gasteiger partial charge in [0.1, 0.15) is 11.5 Å². The number of carbonyl (C=O) groups excluding carboxylic acids is 2. The van der Waals surface area contributed by atoms with Gasteiger partial charge in [0.05, 0.1) is 50.9 Å². The molecule has 56 heavy (non-hydrogen) atoms. The Labute approximate surface area is 328 Å². The molecule has 4 heterocycles. The van der Waals surface area contributed by atoms with Gasteiger partial charge < -0.3 is 24.2 Å². The molecule has 11 nitrogen and oxygen atoms in total. The minimum absolute atomic E-state index is 0.0109. The Hall–Kier alpha value is -5.56. The largest absolute Gasteiger partial charge is 0.497 e. The number of aliphatic hydroxyl groups excluding tert-OH is 1. The second kappa shape index (κ2) is 14.8. The van der Waals surface area contributed by atoms with E-state index in [1.807, 2.05) is 95.8 Å². The van der Waals surface area contributed by atoms with Crippen molar-refractivity contribution in [1.29, 1.82) is 0 Å². The number of rotatable bonds is 12. The average Bonchev–Trinajstić information content (AvgIpc) is 3.88. The van der Waals surface area contributed by atoms with Gasteiger partial charge in [0.15, 0.2) is 12.2 Å². The summed E-state index contributed by atoms with van der Waals surface area (Å²) in [4.78, 5) is 32.1. The lowest BCUT2D eigenvalue weighted by Gasteiger charge is -2.37. The number of ether oxygens (including phenoxy) is 3. The summed E-state index contributed by atoms with van der Waals surface area (Å²) in [7, 11) is -0.764. The number of fused-ring (bicyclic) bond motifs is 3. The Balaban J connectivity index is 1.20. The number of para-hydroxylation sites is 2. The summed E-state index contributed by atoms with van der Waals surface area (Å²) >= 11 is 0. The lowest BCUT2D eigenvalue weighted by Crippen LogP contribution is -2.52. The van der Waals surface area contributed by atoms with E-state index >= 15 is 4.79 Å². The molecular formula is C44H47N5O6Si. The highest BCUT2D eigenvalue weighted by atomic mass is 28.3. The molecule has 0 bridgehead atoms. The van der Waals surface area contributed by atoms with Crippen molar-refractivity contribution in [2.75, 3.05) is 36.7 Å². The van der Waals surface area contributed by atoms with Crippen LogP contribution in [0.5, 0.6) is 11.5 Å². The van der Waals surface area contributed by atoms with Gasteiger partial charge in [-0.2, -0.15) is 0 Å². The third-order valence-corrected chi connectivity index (χ3v) is 16.4. The minimum Gasteiger partial charge on any atom is -0.497 e. The summed E-state index contributed by atoms with van der Waals surface area (Å²) < 4.78 is 20.5. The maximum Gasteiger partial charge on any atom is 0.269 e. The third kappa shape index (κ3) is 6.12. The van der Waals surface area contributed by atoms with Crippen LogP contribution in [0.4, 0.5) is 17.1 Å². The van der Waals surface area contributed by atoms with E-state index in [9.17, 15) is 9.90 Å². The summed E-state index contributed by atoms with van der Waals surface area (Å²) in [6.45, 7) is 11.5. The predicted molar refractivity (Wildman–Crippen MR) is 218 cm³/mol. The minimum atomic E-state index is -2.43. The lowest BCUT2D eigenvalue weighted by atomic mass is 9.82. The van der Waals surface area contributed by atoms with Crippen molar-refractivity contribution in [2.45, 2.75) is 56.1 Å². The SMILES string of the molecule is C=CCN1C(=O)[C@@]2(O[C@@H](CCn3cc(C(CO)c4ccccc4)nn3)[C@H]([Si](C)(C)c3ccc(OC)cc3)[C@H]2C)c2cc(N3C(=O)COc4ccccc43)ccc21. The standard InChI is InChI=1S/C44H47N5O6Si/c1-6-23-48-37-21-16-31(49-38-14-10-11-15-39(38)54-28-41(49)51)25-35(37)44(43(48)52)29(2)42(56(4,5)33-19-17-32(53-3)18-20-33)40(55-44)22-24-47-26-36(45-46-47)34(27-50)30-12-8-7-9-13-30/h6-21,25-26,29,34,40,42,50H,1,22-24,27-28H2,2-5H3/t29-,34?,40+,42-,44+/m1/s1. The Bertz CT molecular complexity index is 2260. The highest BCUT2D eigenvalue weighted by Gasteiger charge is 2.66. The van der Waals surface area contributed by atoms with E-state index in [2.05, 4.69) is 49.0 Å². The fourth-order valence-electron chi connectivity index (χ4n) is 9.30. The first-order chi connectivity index (χ1) is 27.1. The summed E-state index contributed by atoms with van der Waals surface area (Å²) in [5, 5.41) is 20.5. The fraction of sp³-hybridized carbons (Fsp3) is 0.318. The van der Waals surface area contributed by atoms with Gasteiger partial charge in [-0.15, -0.1) is 11.7 Å². The molecule has 8 rings (SSSR count). The number of aliphatic hydroxyl groups is 1. The molecule has 1 saturated heterocycles. The molecule has 5 atom stereocenters. The van der Waals surface area contributed by atoms with Crippen LogP contribution in [0.1, 0.15) is 36.1 Å². The van der Waals surface area contributed by atoms with Crippen molar-refractivity contribution >= 4 is 42.1 Å². The van der Waals surface area contributed by atoms with Crippen molar-refractivity contribution in [3.05, 3.63) is 133 Å². The number of nitrogens with zero attached hydrogens (tertiary/aromatic N) is 5. The summed E-state index contributed by atoms with van der Waals surface area (Å²) in [6.07, 6.45) is 3.87. The number of aryl methyl sites for hydroxylation is 1. The third-order valence-electron chi connectivity index (χ3n) is 12.0. The molecule has 1 fully saturated rings. The van der Waals surface area contributed by atoms with Crippen LogP contribution >= 0.6 is 0 Å². The summed E-state index contributed by atoms with van der Waals surface area (Å²) in [6, 6.07) is 31.4. The Morgan fingerprint density at radius 3 is 2.50 bits per heavy atom. The maximum absolute atomic E-state index is 15.1. The van der Waals surface area contributed by atoms with Crippen LogP contribution < -0.4 is 24.5 Å². The molecule has 0 saturated carbocycles. The number of amides is 2. The highest BCUT2D eigenvalue weighted by Crippen LogP contribution is 2.60. The topological polar surface area (TPSA) is 119 Å². The monoisotopic (exact) mass is 769 g/mol. The smallest absolute Gasteiger partial charge is 0.269 e. The van der Waals surface area contributed by atoms with Crippen LogP contribution in [0.2, 0.25) is 18.6 Å². The van der Waals surface area contributed by atoms with E-state index in [0.717, 1.165) is 22.6 Å². The molecule has 3 aliphatic heterocycles. The Kier molecular flexibility index (Phi) is 9.90. The van der Waals surface area contributed by atoms with Crippen molar-refractivity contribution in [1.82, 2.24) is 15.0 Å². The normalized spacial score (nSPS) is 22.2. The second-order valence-corrected chi connectivity index (χ2v) is 20.1. The molecule has 2 amide bonds. The van der Waals surface area contributed by atoms with Gasteiger partial charge in [-0.1, -0.05) is 91.1 Å². The predicted octanol–water partition coefficient (Wildman–Crippen LogP) is 6.31. The van der Waals surface area contributed by atoms with E-state index in [-0.39, 0.29) is 48.5 Å². The molecule has 3 aliphatic rings. The first-order valence-electron chi connectivity index (χ1n) is 19.1. The van der Waals surface area contributed by atoms with Crippen LogP contribution in [0, 0.1) is 5.92 Å². The van der Waals surface area contributed by atoms with Gasteiger partial charge in [0, 0.05) is 36.5 Å². The van der Waals surface area contributed by atoms with Gasteiger partial charge in [-0.25, -0.2) is 0 Å². The Morgan fingerprint density at radius 2 is 1.77 bits per heavy atom. The molecule has 4 aromatic carbocycles. The fourth-order valence-corrected chi connectivity index (χ4v) is 13.4. The zero-order valence-electron chi connectivity index (χ0n) is 32.2. The van der Waals surface area contributed by atoms with E-state index in [4.69, 9.17) is 14.2 Å². The molecule has 1 unspecified atom stereocenters. The first kappa shape index (κ1) is 37.4. The number of benzene rings is 4. The number of carbonyl (C=O) groups is 2. The zero-order chi connectivity index (χ0) is 39.2. The number of anilines is 3. The van der Waals surface area contributed by atoms with Crippen molar-refractivity contribution in [2.24, 2.45) is 5.92 Å². The second-order valence-electron chi connectivity index (χ2n) is 15.4. The zero-order valence-corrected chi connectivity index (χ0v) is 33.2. The summed E-state index contributed by atoms with van der Waals surface area (Å²) in [5.74, 6) is 0.533. The number of hydrogen-bond acceptors (Lipinski definition) is 8. The van der Waals surface area contributed by atoms with Crippen LogP contribution in [-0.2, 0) is 26.5 Å². The average molecular weight is 770 g/mol. The Morgan fingerprint density at radius 1 is 1.02 bits per heavy atom. The van der Waals surface area contributed by atoms with Crippen LogP contribution in [0.15, 0.2) is 116 Å². The first-order valence-corrected chi connectivity index (χ1v) is 22.2. The number of hydrogen-bond donors (Lipinski definition) is 1. The molecule has 1 N–H and O–H groups in total. The molecule has 288 valence electrons. The molecule has 0 aliphatic carbocycles. The van der Waals surface area contributed by atoms with Crippen LogP contribution in [0.3, 0.4) is 0 Å². The van der Waals surface area contributed by atoms with Crippen molar-refractivity contribution < 1.29 is 28.9 Å². The summed E-state index contributed by atoms with van der Waals surface area (Å²) in [5.41, 5.74) is 3.11. The lowest BCUT2D eigenvalue weighted by molar-refractivity contribution is -0.145. The van der Waals surface area contributed by atoms with Crippen molar-refractivity contribution in [3.8, 4) is 11.5 Å². The molecule has 1 aromatic heterocycles. The van der Waals surface area contributed by atoms with Crippen LogP contribution in [0.25, 0.3) is 0 Å². The van der Waals surface area contributed by atoms with Crippen molar-refractivity contribution in [3.63, 3.8) is 0 Å². The molecule has 12 heteroatoms. The molecule has 1 spiro atoms. The van der Waals surface area contributed by atoms with Gasteiger partial charge in [-0.05, 0) is 60.0 Å². The van der Waals surface area contributed by atoms with E-state index < -0.39 is 13.7 Å². The quantitative estimate of drug-likeness (QED) is 0.116. The number of aromatic nitrogens is 3. The van der Waals surface area contributed by atoms with Crippen LogP contribution in [-0.4, -0.2) is 73.0 Å². The molecule has 0 radical (unpaired) electrons. The maximum atomic E-state index is 15.1. The van der Waals surface area contributed by atoms with E-state index in [1.54, 1.807) is 23.0 Å². The molecular weight excluding hydrogens is 723 g/mol.